The predicted octanol–water partition coefficient (Wildman–Crippen LogP) is 3.76. The van der Waals surface area contributed by atoms with Crippen LogP contribution in [0.1, 0.15) is 0 Å². The highest BCUT2D eigenvalue weighted by Gasteiger charge is 2.16. The van der Waals surface area contributed by atoms with Gasteiger partial charge in [-0.3, -0.25) is 4.40 Å². The van der Waals surface area contributed by atoms with E-state index in [4.69, 9.17) is 16.3 Å². The lowest BCUT2D eigenvalue weighted by Crippen LogP contribution is -2.40. The van der Waals surface area contributed by atoms with Crippen LogP contribution in [0.4, 0.5) is 21.7 Å². The quantitative estimate of drug-likeness (QED) is 0.496. The number of anilines is 3. The van der Waals surface area contributed by atoms with E-state index in [0.717, 1.165) is 37.6 Å². The van der Waals surface area contributed by atoms with Gasteiger partial charge in [0.2, 0.25) is 5.95 Å². The monoisotopic (exact) mass is 452 g/mol. The van der Waals surface area contributed by atoms with Crippen molar-refractivity contribution in [3.05, 3.63) is 59.8 Å². The van der Waals surface area contributed by atoms with E-state index in [2.05, 4.69) is 30.5 Å². The number of hydrogen-bond donors (Lipinski definition) is 1. The van der Waals surface area contributed by atoms with E-state index >= 15 is 0 Å². The summed E-state index contributed by atoms with van der Waals surface area (Å²) in [4.78, 5) is 15.4. The number of halogens is 2. The first-order valence-corrected chi connectivity index (χ1v) is 10.5. The fourth-order valence-corrected chi connectivity index (χ4v) is 3.89. The van der Waals surface area contributed by atoms with Crippen LogP contribution in [0.15, 0.2) is 48.9 Å². The zero-order valence-corrected chi connectivity index (χ0v) is 18.1. The summed E-state index contributed by atoms with van der Waals surface area (Å²) in [5.74, 6) is 0.619. The first-order chi connectivity index (χ1) is 15.6. The van der Waals surface area contributed by atoms with E-state index < -0.39 is 0 Å². The van der Waals surface area contributed by atoms with Gasteiger partial charge in [-0.15, -0.1) is 0 Å². The maximum Gasteiger partial charge on any atom is 0.227 e. The van der Waals surface area contributed by atoms with Gasteiger partial charge in [0.1, 0.15) is 22.9 Å². The minimum absolute atomic E-state index is 0.332. The summed E-state index contributed by atoms with van der Waals surface area (Å²) in [7, 11) is 1.62. The number of benzene rings is 1. The lowest BCUT2D eigenvalue weighted by Gasteiger charge is -2.29. The van der Waals surface area contributed by atoms with Crippen LogP contribution in [0.25, 0.3) is 17.0 Å². The Labute approximate surface area is 189 Å². The number of rotatable bonds is 5. The molecule has 8 nitrogen and oxygen atoms in total. The zero-order chi connectivity index (χ0) is 22.1. The normalized spacial score (nSPS) is 14.0. The summed E-state index contributed by atoms with van der Waals surface area (Å²) in [6.45, 7) is 3.44. The molecule has 0 atom stereocenters. The summed E-state index contributed by atoms with van der Waals surface area (Å²) >= 11 is 6.37. The predicted molar refractivity (Wildman–Crippen MR) is 122 cm³/mol. The van der Waals surface area contributed by atoms with Crippen molar-refractivity contribution in [1.82, 2.24) is 24.7 Å². The molecule has 5 rings (SSSR count). The number of ether oxygens (including phenoxy) is 1. The van der Waals surface area contributed by atoms with Crippen molar-refractivity contribution in [2.45, 2.75) is 0 Å². The van der Waals surface area contributed by atoms with E-state index in [9.17, 15) is 4.39 Å². The van der Waals surface area contributed by atoms with Gasteiger partial charge in [0.25, 0.3) is 0 Å². The molecule has 10 heteroatoms. The summed E-state index contributed by atoms with van der Waals surface area (Å²) in [6.07, 6.45) is 4.45. The molecule has 1 radical (unpaired) electrons. The molecule has 0 saturated carbocycles. The number of nitrogens with one attached hydrogen (secondary N) is 1. The Morgan fingerprint density at radius 2 is 1.94 bits per heavy atom. The minimum atomic E-state index is -0.382. The van der Waals surface area contributed by atoms with Crippen molar-refractivity contribution < 1.29 is 9.13 Å². The van der Waals surface area contributed by atoms with Gasteiger partial charge in [-0.1, -0.05) is 11.6 Å². The molecule has 0 amide bonds. The third-order valence-corrected chi connectivity index (χ3v) is 5.59. The van der Waals surface area contributed by atoms with Gasteiger partial charge < -0.3 is 15.0 Å². The maximum absolute atomic E-state index is 13.8. The van der Waals surface area contributed by atoms with Gasteiger partial charge in [0, 0.05) is 44.1 Å². The number of imidazole rings is 1. The van der Waals surface area contributed by atoms with Crippen LogP contribution in [0, 0.1) is 5.82 Å². The minimum Gasteiger partial charge on any atom is -0.494 e. The molecule has 1 aliphatic rings. The molecule has 32 heavy (non-hydrogen) atoms. The molecule has 4 aromatic rings. The third-order valence-electron chi connectivity index (χ3n) is 5.31. The fraction of sp³-hybridized carbons (Fsp3) is 0.227. The van der Waals surface area contributed by atoms with Crippen LogP contribution in [0.2, 0.25) is 5.02 Å². The van der Waals surface area contributed by atoms with Crippen LogP contribution in [0.5, 0.6) is 5.75 Å². The highest BCUT2D eigenvalue weighted by molar-refractivity contribution is 6.32. The van der Waals surface area contributed by atoms with Crippen molar-refractivity contribution >= 4 is 34.6 Å². The van der Waals surface area contributed by atoms with Crippen LogP contribution in [-0.4, -0.2) is 52.6 Å². The van der Waals surface area contributed by atoms with Crippen molar-refractivity contribution in [3.63, 3.8) is 0 Å². The van der Waals surface area contributed by atoms with E-state index in [0.29, 0.717) is 33.8 Å². The molecule has 1 aliphatic heterocycles. The average Bonchev–Trinajstić information content (AvgIpc) is 3.24. The van der Waals surface area contributed by atoms with E-state index in [1.165, 1.54) is 18.5 Å². The number of aromatic nitrogens is 4. The Kier molecular flexibility index (Phi) is 5.50. The summed E-state index contributed by atoms with van der Waals surface area (Å²) in [5.41, 5.74) is 3.39. The van der Waals surface area contributed by atoms with Crippen molar-refractivity contribution in [2.24, 2.45) is 0 Å². The molecule has 3 aromatic heterocycles. The Balaban J connectivity index is 1.47. The van der Waals surface area contributed by atoms with Gasteiger partial charge in [-0.2, -0.15) is 0 Å². The van der Waals surface area contributed by atoms with Gasteiger partial charge in [-0.25, -0.2) is 24.7 Å². The Bertz CT molecular complexity index is 1270. The summed E-state index contributed by atoms with van der Waals surface area (Å²) in [5, 5.41) is 7.92. The molecule has 0 bridgehead atoms. The van der Waals surface area contributed by atoms with Crippen molar-refractivity contribution in [2.75, 3.05) is 43.5 Å². The van der Waals surface area contributed by atoms with Crippen molar-refractivity contribution in [3.8, 4) is 17.1 Å². The molecule has 163 valence electrons. The van der Waals surface area contributed by atoms with Gasteiger partial charge in [-0.05, 0) is 24.3 Å². The third kappa shape index (κ3) is 3.92. The number of nitrogens with zero attached hydrogens (tertiary/aromatic N) is 6. The average molecular weight is 453 g/mol. The number of methoxy groups -OCH3 is 1. The summed E-state index contributed by atoms with van der Waals surface area (Å²) in [6, 6.07) is 8.89. The highest BCUT2D eigenvalue weighted by atomic mass is 35.5. The van der Waals surface area contributed by atoms with Crippen molar-refractivity contribution in [1.29, 1.82) is 0 Å². The molecule has 1 saturated heterocycles. The largest absolute Gasteiger partial charge is 0.494 e. The van der Waals surface area contributed by atoms with Crippen LogP contribution in [-0.2, 0) is 0 Å². The second-order valence-electron chi connectivity index (χ2n) is 7.28. The number of piperazine rings is 1. The topological polar surface area (TPSA) is 81.7 Å². The number of fused-ring (bicyclic) bond motifs is 1. The van der Waals surface area contributed by atoms with Gasteiger partial charge in [0.05, 0.1) is 35.9 Å². The highest BCUT2D eigenvalue weighted by Crippen LogP contribution is 2.33. The molecule has 0 spiro atoms. The van der Waals surface area contributed by atoms with Crippen LogP contribution >= 0.6 is 11.6 Å². The lowest BCUT2D eigenvalue weighted by atomic mass is 10.2. The molecule has 0 unspecified atom stereocenters. The van der Waals surface area contributed by atoms with E-state index in [1.807, 2.05) is 18.2 Å². The van der Waals surface area contributed by atoms with Gasteiger partial charge >= 0.3 is 0 Å². The number of pyridine rings is 1. The molecular weight excluding hydrogens is 433 g/mol. The molecule has 4 heterocycles. The van der Waals surface area contributed by atoms with E-state index in [-0.39, 0.29) is 5.82 Å². The smallest absolute Gasteiger partial charge is 0.227 e. The van der Waals surface area contributed by atoms with E-state index in [1.54, 1.807) is 23.8 Å². The Morgan fingerprint density at radius 1 is 1.09 bits per heavy atom. The lowest BCUT2D eigenvalue weighted by molar-refractivity contribution is 0.416. The first kappa shape index (κ1) is 20.5. The number of hydrogen-bond acceptors (Lipinski definition) is 6. The van der Waals surface area contributed by atoms with Gasteiger partial charge in [0.15, 0.2) is 0 Å². The first-order valence-electron chi connectivity index (χ1n) is 10.1. The maximum atomic E-state index is 13.8. The molecule has 1 fully saturated rings. The second kappa shape index (κ2) is 8.60. The fourth-order valence-electron chi connectivity index (χ4n) is 3.70. The molecular formula is C22H20ClFN7O. The molecule has 1 N–H and O–H groups in total. The second-order valence-corrected chi connectivity index (χ2v) is 7.68. The summed E-state index contributed by atoms with van der Waals surface area (Å²) < 4.78 is 21.0. The zero-order valence-electron chi connectivity index (χ0n) is 17.3. The SMILES string of the molecule is COc1cc(N2CC[N]CC2)ccc1Nc1ncc(Cl)c(-c2cnc3ccc(F)cn23)n1. The molecule has 0 aliphatic carbocycles. The van der Waals surface area contributed by atoms with Crippen LogP contribution in [0.3, 0.4) is 0 Å². The van der Waals surface area contributed by atoms with Crippen LogP contribution < -0.4 is 20.3 Å². The Hall–Kier alpha value is -3.43. The molecule has 1 aromatic carbocycles. The standard InChI is InChI=1S/C22H20ClFN7O/c1-32-19-10-15(30-8-6-25-7-9-30)3-4-17(19)28-22-27-11-16(23)21(29-22)18-12-26-20-5-2-14(24)13-31(18)20/h2-5,10-13H,6-9H2,1H3,(H,27,28,29). The Morgan fingerprint density at radius 3 is 2.75 bits per heavy atom.